The molecule has 0 saturated carbocycles. The van der Waals surface area contributed by atoms with Gasteiger partial charge in [0.1, 0.15) is 11.4 Å². The molecule has 2 aromatic heterocycles. The third kappa shape index (κ3) is 5.08. The molecule has 10 heteroatoms. The summed E-state index contributed by atoms with van der Waals surface area (Å²) in [7, 11) is 0. The molecule has 37 heavy (non-hydrogen) atoms. The minimum atomic E-state index is -0.819. The third-order valence-electron chi connectivity index (χ3n) is 6.58. The van der Waals surface area contributed by atoms with Gasteiger partial charge in [0.25, 0.3) is 5.91 Å². The van der Waals surface area contributed by atoms with Crippen LogP contribution in [0.1, 0.15) is 23.2 Å². The van der Waals surface area contributed by atoms with Crippen LogP contribution in [0.15, 0.2) is 85.2 Å². The molecule has 0 aliphatic carbocycles. The molecule has 10 nitrogen and oxygen atoms in total. The van der Waals surface area contributed by atoms with Crippen LogP contribution in [-0.2, 0) is 4.79 Å². The van der Waals surface area contributed by atoms with Gasteiger partial charge < -0.3 is 27.0 Å². The highest BCUT2D eigenvalue weighted by Crippen LogP contribution is 2.29. The molecular weight excluding hydrogens is 468 g/mol. The maximum Gasteiger partial charge on any atom is 0.258 e. The second-order valence-electron chi connectivity index (χ2n) is 9.00. The average Bonchev–Trinajstić information content (AvgIpc) is 3.30. The molecule has 0 unspecified atom stereocenters. The summed E-state index contributed by atoms with van der Waals surface area (Å²) in [4.78, 5) is 31.7. The van der Waals surface area contributed by atoms with Gasteiger partial charge in [-0.2, -0.15) is 0 Å². The second-order valence-corrected chi connectivity index (χ2v) is 9.00. The number of aromatic nitrogens is 3. The molecule has 1 fully saturated rings. The summed E-state index contributed by atoms with van der Waals surface area (Å²) in [5.74, 6) is 0.275. The van der Waals surface area contributed by atoms with Gasteiger partial charge in [-0.15, -0.1) is 5.10 Å². The van der Waals surface area contributed by atoms with Gasteiger partial charge in [-0.05, 0) is 49.2 Å². The van der Waals surface area contributed by atoms with Crippen LogP contribution >= 0.6 is 0 Å². The fourth-order valence-electron chi connectivity index (χ4n) is 4.43. The second kappa shape index (κ2) is 10.0. The van der Waals surface area contributed by atoms with Crippen molar-refractivity contribution in [1.82, 2.24) is 14.8 Å². The molecule has 2 aromatic carbocycles. The molecule has 1 aliphatic heterocycles. The molecule has 0 bridgehead atoms. The van der Waals surface area contributed by atoms with Gasteiger partial charge in [-0.25, -0.2) is 9.67 Å². The van der Waals surface area contributed by atoms with Crippen molar-refractivity contribution in [2.45, 2.75) is 18.4 Å². The minimum Gasteiger partial charge on any atom is -0.394 e. The lowest BCUT2D eigenvalue weighted by atomic mass is 9.86. The number of nitrogens with two attached hydrogens (primary N) is 2. The van der Waals surface area contributed by atoms with Gasteiger partial charge in [0.15, 0.2) is 5.82 Å². The number of pyridine rings is 1. The van der Waals surface area contributed by atoms with Crippen molar-refractivity contribution in [3.8, 4) is 5.69 Å². The number of hydrogen-bond acceptors (Lipinski definition) is 7. The molecule has 188 valence electrons. The van der Waals surface area contributed by atoms with Crippen LogP contribution in [-0.4, -0.2) is 45.2 Å². The minimum absolute atomic E-state index is 0.280. The van der Waals surface area contributed by atoms with E-state index in [-0.39, 0.29) is 17.6 Å². The van der Waals surface area contributed by atoms with Crippen LogP contribution in [0, 0.1) is 0 Å². The Hall–Kier alpha value is -4.86. The molecule has 1 aliphatic rings. The van der Waals surface area contributed by atoms with Gasteiger partial charge in [-0.1, -0.05) is 36.4 Å². The topological polar surface area (TPSA) is 144 Å². The van der Waals surface area contributed by atoms with Crippen molar-refractivity contribution in [3.63, 3.8) is 0 Å². The maximum atomic E-state index is 12.8. The summed E-state index contributed by atoms with van der Waals surface area (Å²) in [6.07, 6.45) is 4.24. The Morgan fingerprint density at radius 2 is 1.59 bits per heavy atom. The number of nitrogens with zero attached hydrogens (tertiary/aromatic N) is 4. The normalized spacial score (nSPS) is 14.6. The van der Waals surface area contributed by atoms with Crippen molar-refractivity contribution in [2.24, 2.45) is 5.73 Å². The summed E-state index contributed by atoms with van der Waals surface area (Å²) in [5, 5.41) is 10.5. The van der Waals surface area contributed by atoms with E-state index in [1.807, 2.05) is 60.7 Å². The number of benzene rings is 2. The van der Waals surface area contributed by atoms with E-state index in [1.165, 1.54) is 6.20 Å². The van der Waals surface area contributed by atoms with E-state index in [2.05, 4.69) is 25.6 Å². The number of para-hydroxylation sites is 2. The van der Waals surface area contributed by atoms with E-state index >= 15 is 0 Å². The smallest absolute Gasteiger partial charge is 0.258 e. The highest BCUT2D eigenvalue weighted by molar-refractivity contribution is 6.05. The molecule has 0 spiro atoms. The summed E-state index contributed by atoms with van der Waals surface area (Å²) >= 11 is 0. The van der Waals surface area contributed by atoms with Crippen LogP contribution in [0.2, 0.25) is 0 Å². The predicted octanol–water partition coefficient (Wildman–Crippen LogP) is 3.04. The number of piperidine rings is 1. The van der Waals surface area contributed by atoms with E-state index in [4.69, 9.17) is 11.5 Å². The average molecular weight is 497 g/mol. The zero-order chi connectivity index (χ0) is 25.8. The number of hydrogen-bond donors (Lipinski definition) is 4. The maximum absolute atomic E-state index is 12.8. The Bertz CT molecular complexity index is 1380. The Morgan fingerprint density at radius 3 is 2.22 bits per heavy atom. The number of carbonyl (C=O) groups is 2. The summed E-state index contributed by atoms with van der Waals surface area (Å²) in [6.45, 7) is 1.18. The Balaban J connectivity index is 1.22. The van der Waals surface area contributed by atoms with Crippen LogP contribution in [0.3, 0.4) is 0 Å². The summed E-state index contributed by atoms with van der Waals surface area (Å²) < 4.78 is 1.61. The number of primary amides is 1. The third-order valence-corrected chi connectivity index (χ3v) is 6.58. The first kappa shape index (κ1) is 23.9. The van der Waals surface area contributed by atoms with Crippen molar-refractivity contribution in [3.05, 3.63) is 90.8 Å². The zero-order valence-corrected chi connectivity index (χ0v) is 20.2. The lowest BCUT2D eigenvalue weighted by molar-refractivity contribution is -0.122. The van der Waals surface area contributed by atoms with Crippen molar-refractivity contribution >= 4 is 34.8 Å². The monoisotopic (exact) mass is 496 g/mol. The number of carbonyl (C=O) groups excluding carboxylic acids is 2. The number of nitrogen functional groups attached to an aromatic ring is 1. The lowest BCUT2D eigenvalue weighted by Crippen LogP contribution is -2.57. The predicted molar refractivity (Wildman–Crippen MR) is 144 cm³/mol. The molecule has 0 atom stereocenters. The Morgan fingerprint density at radius 1 is 0.919 bits per heavy atom. The number of amides is 2. The van der Waals surface area contributed by atoms with Crippen LogP contribution < -0.4 is 27.0 Å². The molecule has 4 aromatic rings. The molecule has 6 N–H and O–H groups in total. The van der Waals surface area contributed by atoms with Gasteiger partial charge in [0.2, 0.25) is 5.91 Å². The van der Waals surface area contributed by atoms with E-state index < -0.39 is 5.54 Å². The van der Waals surface area contributed by atoms with Crippen molar-refractivity contribution in [1.29, 1.82) is 0 Å². The fraction of sp³-hybridized carbons (Fsp3) is 0.185. The van der Waals surface area contributed by atoms with E-state index in [0.717, 1.165) is 17.2 Å². The Kier molecular flexibility index (Phi) is 6.46. The first-order valence-electron chi connectivity index (χ1n) is 12.0. The summed E-state index contributed by atoms with van der Waals surface area (Å²) in [5.41, 5.74) is 13.5. The molecule has 2 amide bonds. The lowest BCUT2D eigenvalue weighted by Gasteiger charge is -2.41. The van der Waals surface area contributed by atoms with E-state index in [9.17, 15) is 9.59 Å². The molecule has 5 rings (SSSR count). The highest BCUT2D eigenvalue weighted by atomic mass is 16.2. The van der Waals surface area contributed by atoms with Crippen LogP contribution in [0.25, 0.3) is 5.69 Å². The zero-order valence-electron chi connectivity index (χ0n) is 20.2. The number of nitrogens with one attached hydrogen (secondary N) is 2. The molecule has 3 heterocycles. The van der Waals surface area contributed by atoms with Crippen molar-refractivity contribution in [2.75, 3.05) is 34.4 Å². The first-order chi connectivity index (χ1) is 17.9. The van der Waals surface area contributed by atoms with Gasteiger partial charge in [0.05, 0.1) is 23.1 Å². The van der Waals surface area contributed by atoms with Crippen LogP contribution in [0.5, 0.6) is 0 Å². The number of rotatable bonds is 7. The standard InChI is InChI=1S/C27H28N8O2/c28-22-18-35(21-9-5-2-6-10-21)33-24(22)31-25(36)19-11-12-23(30-17-19)34-15-13-27(14-16-34,26(29)37)32-20-7-3-1-4-8-20/h1-12,17-18,32H,13-16,28H2,(H2,29,37)(H,31,33,36). The van der Waals surface area contributed by atoms with Gasteiger partial charge in [0, 0.05) is 25.0 Å². The van der Waals surface area contributed by atoms with Gasteiger partial charge in [-0.3, -0.25) is 9.59 Å². The van der Waals surface area contributed by atoms with Gasteiger partial charge >= 0.3 is 0 Å². The largest absolute Gasteiger partial charge is 0.394 e. The van der Waals surface area contributed by atoms with Crippen molar-refractivity contribution < 1.29 is 9.59 Å². The van der Waals surface area contributed by atoms with Crippen LogP contribution in [0.4, 0.5) is 23.0 Å². The first-order valence-corrected chi connectivity index (χ1v) is 12.0. The molecular formula is C27H28N8O2. The van der Waals surface area contributed by atoms with E-state index in [0.29, 0.717) is 37.2 Å². The summed E-state index contributed by atoms with van der Waals surface area (Å²) in [6, 6.07) is 22.6. The quantitative estimate of drug-likeness (QED) is 0.308. The fourth-order valence-corrected chi connectivity index (χ4v) is 4.43. The Labute approximate surface area is 214 Å². The number of anilines is 4. The van der Waals surface area contributed by atoms with E-state index in [1.54, 1.807) is 23.0 Å². The highest BCUT2D eigenvalue weighted by Gasteiger charge is 2.40. The molecule has 0 radical (unpaired) electrons. The molecule has 1 saturated heterocycles. The SMILES string of the molecule is NC(=O)C1(Nc2ccccc2)CCN(c2ccc(C(=O)Nc3nn(-c4ccccc4)cc3N)cn2)CC1.